The van der Waals surface area contributed by atoms with Crippen LogP contribution in [0.15, 0.2) is 0 Å². The van der Waals surface area contributed by atoms with Gasteiger partial charge in [0.2, 0.25) is 5.91 Å². The molecule has 5 heteroatoms. The van der Waals surface area contributed by atoms with Gasteiger partial charge >= 0.3 is 0 Å². The van der Waals surface area contributed by atoms with E-state index in [2.05, 4.69) is 5.32 Å². The van der Waals surface area contributed by atoms with E-state index in [1.165, 1.54) is 0 Å². The number of carbonyl (C=O) groups excluding carboxylic acids is 1. The average molecular weight is 245 g/mol. The summed E-state index contributed by atoms with van der Waals surface area (Å²) in [4.78, 5) is 11.7. The first kappa shape index (κ1) is 14.4. The van der Waals surface area contributed by atoms with E-state index in [1.54, 1.807) is 0 Å². The van der Waals surface area contributed by atoms with E-state index in [1.807, 2.05) is 6.92 Å². The molecule has 0 spiro atoms. The number of ether oxygens (including phenoxy) is 2. The van der Waals surface area contributed by atoms with Gasteiger partial charge in [-0.3, -0.25) is 4.79 Å². The van der Waals surface area contributed by atoms with Crippen molar-refractivity contribution in [3.8, 4) is 0 Å². The van der Waals surface area contributed by atoms with Gasteiger partial charge in [-0.25, -0.2) is 0 Å². The second kappa shape index (κ2) is 7.63. The standard InChI is InChI=1S/C12H23NO4/c1-2-6-16-7-3-11(15)13-12(10-14)4-8-17-9-5-12/h14H,2-10H2,1H3,(H,13,15). The SMILES string of the molecule is CCCOCCC(=O)NC1(CO)CCOCC1. The van der Waals surface area contributed by atoms with Crippen molar-refractivity contribution < 1.29 is 19.4 Å². The van der Waals surface area contributed by atoms with Gasteiger partial charge in [-0.15, -0.1) is 0 Å². The molecule has 1 aliphatic heterocycles. The molecule has 1 amide bonds. The van der Waals surface area contributed by atoms with E-state index in [-0.39, 0.29) is 12.5 Å². The van der Waals surface area contributed by atoms with Crippen LogP contribution >= 0.6 is 0 Å². The Balaban J connectivity index is 2.27. The Morgan fingerprint density at radius 2 is 2.12 bits per heavy atom. The molecule has 1 fully saturated rings. The lowest BCUT2D eigenvalue weighted by Crippen LogP contribution is -2.54. The molecule has 17 heavy (non-hydrogen) atoms. The lowest BCUT2D eigenvalue weighted by molar-refractivity contribution is -0.126. The third kappa shape index (κ3) is 5.02. The molecule has 1 rings (SSSR count). The summed E-state index contributed by atoms with van der Waals surface area (Å²) in [5.74, 6) is -0.0583. The van der Waals surface area contributed by atoms with Gasteiger partial charge in [-0.05, 0) is 19.3 Å². The molecule has 1 saturated heterocycles. The van der Waals surface area contributed by atoms with Crippen LogP contribution in [0, 0.1) is 0 Å². The summed E-state index contributed by atoms with van der Waals surface area (Å²) in [5.41, 5.74) is -0.486. The zero-order valence-electron chi connectivity index (χ0n) is 10.5. The highest BCUT2D eigenvalue weighted by molar-refractivity contribution is 5.76. The number of aliphatic hydroxyl groups excluding tert-OH is 1. The molecular formula is C12H23NO4. The number of nitrogens with one attached hydrogen (secondary N) is 1. The highest BCUT2D eigenvalue weighted by Crippen LogP contribution is 2.20. The normalized spacial score (nSPS) is 18.9. The molecule has 1 aliphatic rings. The Labute approximate surface area is 102 Å². The van der Waals surface area contributed by atoms with Gasteiger partial charge < -0.3 is 19.9 Å². The largest absolute Gasteiger partial charge is 0.394 e. The predicted molar refractivity (Wildman–Crippen MR) is 63.7 cm³/mol. The Morgan fingerprint density at radius 1 is 1.41 bits per heavy atom. The summed E-state index contributed by atoms with van der Waals surface area (Å²) < 4.78 is 10.5. The van der Waals surface area contributed by atoms with Crippen molar-refractivity contribution in [3.05, 3.63) is 0 Å². The van der Waals surface area contributed by atoms with E-state index < -0.39 is 5.54 Å². The Kier molecular flexibility index (Phi) is 6.47. The number of hydrogen-bond acceptors (Lipinski definition) is 4. The Hall–Kier alpha value is -0.650. The maximum atomic E-state index is 11.7. The number of aliphatic hydroxyl groups is 1. The molecule has 0 bridgehead atoms. The van der Waals surface area contributed by atoms with Crippen LogP contribution in [0.4, 0.5) is 0 Å². The second-order valence-electron chi connectivity index (χ2n) is 4.46. The molecule has 0 atom stereocenters. The molecule has 1 heterocycles. The van der Waals surface area contributed by atoms with Crippen LogP contribution in [-0.2, 0) is 14.3 Å². The molecule has 0 aromatic heterocycles. The van der Waals surface area contributed by atoms with Crippen LogP contribution < -0.4 is 5.32 Å². The van der Waals surface area contributed by atoms with Crippen LogP contribution in [0.3, 0.4) is 0 Å². The molecular weight excluding hydrogens is 222 g/mol. The minimum atomic E-state index is -0.486. The van der Waals surface area contributed by atoms with E-state index in [0.29, 0.717) is 45.7 Å². The molecule has 100 valence electrons. The van der Waals surface area contributed by atoms with Crippen molar-refractivity contribution in [1.82, 2.24) is 5.32 Å². The molecule has 0 unspecified atom stereocenters. The lowest BCUT2D eigenvalue weighted by atomic mass is 9.91. The fraction of sp³-hybridized carbons (Fsp3) is 0.917. The maximum absolute atomic E-state index is 11.7. The summed E-state index contributed by atoms with van der Waals surface area (Å²) in [6.07, 6.45) is 2.65. The van der Waals surface area contributed by atoms with Gasteiger partial charge in [0.15, 0.2) is 0 Å². The van der Waals surface area contributed by atoms with Gasteiger partial charge in [0.05, 0.1) is 18.8 Å². The summed E-state index contributed by atoms with van der Waals surface area (Å²) >= 11 is 0. The first-order valence-corrected chi connectivity index (χ1v) is 6.30. The first-order chi connectivity index (χ1) is 8.22. The lowest BCUT2D eigenvalue weighted by Gasteiger charge is -2.36. The molecule has 0 radical (unpaired) electrons. The fourth-order valence-corrected chi connectivity index (χ4v) is 1.85. The Morgan fingerprint density at radius 3 is 2.71 bits per heavy atom. The van der Waals surface area contributed by atoms with Gasteiger partial charge in [-0.2, -0.15) is 0 Å². The molecule has 5 nitrogen and oxygen atoms in total. The van der Waals surface area contributed by atoms with E-state index in [9.17, 15) is 9.90 Å². The van der Waals surface area contributed by atoms with Gasteiger partial charge in [0, 0.05) is 26.2 Å². The van der Waals surface area contributed by atoms with Gasteiger partial charge in [0.25, 0.3) is 0 Å². The van der Waals surface area contributed by atoms with E-state index in [4.69, 9.17) is 9.47 Å². The van der Waals surface area contributed by atoms with Crippen LogP contribution in [0.1, 0.15) is 32.6 Å². The third-order valence-electron chi connectivity index (χ3n) is 2.98. The van der Waals surface area contributed by atoms with Crippen molar-refractivity contribution in [2.24, 2.45) is 0 Å². The molecule has 0 aromatic carbocycles. The topological polar surface area (TPSA) is 67.8 Å². The summed E-state index contributed by atoms with van der Waals surface area (Å²) in [6, 6.07) is 0. The highest BCUT2D eigenvalue weighted by Gasteiger charge is 2.33. The monoisotopic (exact) mass is 245 g/mol. The molecule has 0 saturated carbocycles. The third-order valence-corrected chi connectivity index (χ3v) is 2.98. The summed E-state index contributed by atoms with van der Waals surface area (Å²) in [7, 11) is 0. The predicted octanol–water partition coefficient (Wildman–Crippen LogP) is 0.461. The zero-order valence-corrected chi connectivity index (χ0v) is 10.5. The minimum absolute atomic E-state index is 0.0298. The number of hydrogen-bond donors (Lipinski definition) is 2. The van der Waals surface area contributed by atoms with Crippen molar-refractivity contribution in [2.75, 3.05) is 33.0 Å². The van der Waals surface area contributed by atoms with Gasteiger partial charge in [-0.1, -0.05) is 6.92 Å². The smallest absolute Gasteiger partial charge is 0.222 e. The van der Waals surface area contributed by atoms with Crippen molar-refractivity contribution in [2.45, 2.75) is 38.1 Å². The van der Waals surface area contributed by atoms with Crippen molar-refractivity contribution in [1.29, 1.82) is 0 Å². The van der Waals surface area contributed by atoms with Crippen LogP contribution in [0.2, 0.25) is 0 Å². The maximum Gasteiger partial charge on any atom is 0.222 e. The molecule has 0 aromatic rings. The van der Waals surface area contributed by atoms with Crippen LogP contribution in [-0.4, -0.2) is 49.6 Å². The second-order valence-corrected chi connectivity index (χ2v) is 4.46. The van der Waals surface area contributed by atoms with Crippen LogP contribution in [0.25, 0.3) is 0 Å². The molecule has 0 aliphatic carbocycles. The van der Waals surface area contributed by atoms with Crippen LogP contribution in [0.5, 0.6) is 0 Å². The fourth-order valence-electron chi connectivity index (χ4n) is 1.85. The quantitative estimate of drug-likeness (QED) is 0.639. The minimum Gasteiger partial charge on any atom is -0.394 e. The number of amides is 1. The van der Waals surface area contributed by atoms with Crippen molar-refractivity contribution in [3.63, 3.8) is 0 Å². The average Bonchev–Trinajstić information content (AvgIpc) is 2.36. The first-order valence-electron chi connectivity index (χ1n) is 6.30. The number of carbonyl (C=O) groups is 1. The Bertz CT molecular complexity index is 227. The number of rotatable bonds is 7. The van der Waals surface area contributed by atoms with E-state index in [0.717, 1.165) is 6.42 Å². The molecule has 2 N–H and O–H groups in total. The van der Waals surface area contributed by atoms with Crippen molar-refractivity contribution >= 4 is 5.91 Å². The van der Waals surface area contributed by atoms with Gasteiger partial charge in [0.1, 0.15) is 0 Å². The zero-order chi connectivity index (χ0) is 12.6. The highest BCUT2D eigenvalue weighted by atomic mass is 16.5. The van der Waals surface area contributed by atoms with E-state index >= 15 is 0 Å². The summed E-state index contributed by atoms with van der Waals surface area (Å²) in [6.45, 7) is 4.31. The summed E-state index contributed by atoms with van der Waals surface area (Å²) in [5, 5.41) is 12.3.